The van der Waals surface area contributed by atoms with Crippen LogP contribution in [-0.2, 0) is 11.4 Å². The quantitative estimate of drug-likeness (QED) is 0.687. The van der Waals surface area contributed by atoms with Gasteiger partial charge in [-0.15, -0.1) is 0 Å². The number of carbonyl (C=O) groups is 1. The maximum absolute atomic E-state index is 11.8. The van der Waals surface area contributed by atoms with Gasteiger partial charge < -0.3 is 15.7 Å². The second-order valence-electron chi connectivity index (χ2n) is 5.01. The molecule has 0 spiro atoms. The Labute approximate surface area is 135 Å². The summed E-state index contributed by atoms with van der Waals surface area (Å²) < 4.78 is 0.869. The third kappa shape index (κ3) is 2.80. The molecule has 110 valence electrons. The molecular formula is C14H15IN4O2. The van der Waals surface area contributed by atoms with Gasteiger partial charge in [0.25, 0.3) is 0 Å². The third-order valence-corrected chi connectivity index (χ3v) is 4.69. The summed E-state index contributed by atoms with van der Waals surface area (Å²) in [6.07, 6.45) is 3.61. The lowest BCUT2D eigenvalue weighted by molar-refractivity contribution is -0.117. The Balaban J connectivity index is 2.06. The van der Waals surface area contributed by atoms with E-state index in [1.165, 1.54) is 0 Å². The van der Waals surface area contributed by atoms with E-state index in [0.29, 0.717) is 17.3 Å². The van der Waals surface area contributed by atoms with Crippen molar-refractivity contribution >= 4 is 50.9 Å². The monoisotopic (exact) mass is 398 g/mol. The summed E-state index contributed by atoms with van der Waals surface area (Å²) in [5.74, 6) is 1.37. The van der Waals surface area contributed by atoms with Gasteiger partial charge in [-0.2, -0.15) is 0 Å². The van der Waals surface area contributed by atoms with Crippen molar-refractivity contribution in [1.29, 1.82) is 0 Å². The molecule has 2 heterocycles. The van der Waals surface area contributed by atoms with Crippen LogP contribution < -0.4 is 10.6 Å². The molecule has 1 aliphatic rings. The van der Waals surface area contributed by atoms with Crippen LogP contribution in [0.1, 0.15) is 18.5 Å². The highest BCUT2D eigenvalue weighted by Gasteiger charge is 2.29. The van der Waals surface area contributed by atoms with E-state index in [4.69, 9.17) is 0 Å². The molecule has 3 rings (SSSR count). The Morgan fingerprint density at radius 3 is 2.86 bits per heavy atom. The Kier molecular flexibility index (Phi) is 3.94. The zero-order chi connectivity index (χ0) is 15.0. The van der Waals surface area contributed by atoms with Crippen molar-refractivity contribution in [3.63, 3.8) is 0 Å². The fourth-order valence-electron chi connectivity index (χ4n) is 2.16. The molecule has 1 aliphatic carbocycles. The SMILES string of the molecule is CNc1nc(CO)c(I)c2cc(NC(=O)C3CC3)ncc12. The number of hydrogen-bond acceptors (Lipinski definition) is 5. The van der Waals surface area contributed by atoms with Crippen molar-refractivity contribution in [2.45, 2.75) is 19.4 Å². The van der Waals surface area contributed by atoms with Crippen molar-refractivity contribution in [3.8, 4) is 0 Å². The molecule has 6 nitrogen and oxygen atoms in total. The molecule has 0 bridgehead atoms. The van der Waals surface area contributed by atoms with Crippen molar-refractivity contribution in [2.24, 2.45) is 5.92 Å². The number of fused-ring (bicyclic) bond motifs is 1. The molecule has 0 aromatic carbocycles. The number of hydrogen-bond donors (Lipinski definition) is 3. The molecule has 0 atom stereocenters. The number of carbonyl (C=O) groups excluding carboxylic acids is 1. The molecular weight excluding hydrogens is 383 g/mol. The largest absolute Gasteiger partial charge is 0.390 e. The zero-order valence-electron chi connectivity index (χ0n) is 11.5. The summed E-state index contributed by atoms with van der Waals surface area (Å²) in [7, 11) is 1.78. The van der Waals surface area contributed by atoms with Gasteiger partial charge in [0.15, 0.2) is 0 Å². The van der Waals surface area contributed by atoms with E-state index in [2.05, 4.69) is 43.2 Å². The minimum atomic E-state index is -0.130. The van der Waals surface area contributed by atoms with Crippen LogP contribution >= 0.6 is 22.6 Å². The van der Waals surface area contributed by atoms with Crippen LogP contribution in [0.4, 0.5) is 11.6 Å². The highest BCUT2D eigenvalue weighted by molar-refractivity contribution is 14.1. The topological polar surface area (TPSA) is 87.1 Å². The highest BCUT2D eigenvalue weighted by atomic mass is 127. The number of aliphatic hydroxyl groups is 1. The number of nitrogens with zero attached hydrogens (tertiary/aromatic N) is 2. The average Bonchev–Trinajstić information content (AvgIpc) is 3.33. The van der Waals surface area contributed by atoms with Crippen LogP contribution in [0.2, 0.25) is 0 Å². The van der Waals surface area contributed by atoms with Crippen LogP contribution in [0, 0.1) is 9.49 Å². The van der Waals surface area contributed by atoms with Gasteiger partial charge in [0.1, 0.15) is 11.6 Å². The molecule has 1 saturated carbocycles. The molecule has 0 radical (unpaired) electrons. The van der Waals surface area contributed by atoms with Crippen LogP contribution in [0.15, 0.2) is 12.3 Å². The fourth-order valence-corrected chi connectivity index (χ4v) is 2.90. The predicted molar refractivity (Wildman–Crippen MR) is 89.1 cm³/mol. The van der Waals surface area contributed by atoms with Crippen LogP contribution in [-0.4, -0.2) is 28.0 Å². The van der Waals surface area contributed by atoms with E-state index in [1.807, 2.05) is 6.07 Å². The Morgan fingerprint density at radius 2 is 2.24 bits per heavy atom. The number of amides is 1. The van der Waals surface area contributed by atoms with Crippen molar-refractivity contribution in [2.75, 3.05) is 17.7 Å². The van der Waals surface area contributed by atoms with Crippen molar-refractivity contribution in [3.05, 3.63) is 21.5 Å². The molecule has 2 aromatic heterocycles. The van der Waals surface area contributed by atoms with Gasteiger partial charge >= 0.3 is 0 Å². The second kappa shape index (κ2) is 5.72. The van der Waals surface area contributed by atoms with Gasteiger partial charge in [-0.1, -0.05) is 0 Å². The Morgan fingerprint density at radius 1 is 1.48 bits per heavy atom. The molecule has 0 unspecified atom stereocenters. The standard InChI is InChI=1S/C14H15IN4O2/c1-16-13-9-5-17-11(19-14(21)7-2-3-7)4-8(9)12(15)10(6-20)18-13/h4-5,7,20H,2-3,6H2,1H3,(H,16,18)(H,17,19,21). The Bertz CT molecular complexity index is 716. The number of rotatable bonds is 4. The molecule has 21 heavy (non-hydrogen) atoms. The van der Waals surface area contributed by atoms with Gasteiger partial charge in [0.2, 0.25) is 5.91 Å². The van der Waals surface area contributed by atoms with E-state index >= 15 is 0 Å². The summed E-state index contributed by atoms with van der Waals surface area (Å²) in [4.78, 5) is 20.5. The van der Waals surface area contributed by atoms with E-state index < -0.39 is 0 Å². The summed E-state index contributed by atoms with van der Waals surface area (Å²) in [5.41, 5.74) is 0.609. The maximum Gasteiger partial charge on any atom is 0.228 e. The fraction of sp³-hybridized carbons (Fsp3) is 0.357. The molecule has 7 heteroatoms. The molecule has 1 amide bonds. The molecule has 0 saturated heterocycles. The van der Waals surface area contributed by atoms with Gasteiger partial charge in [-0.05, 0) is 41.5 Å². The second-order valence-corrected chi connectivity index (χ2v) is 6.09. The van der Waals surface area contributed by atoms with E-state index in [1.54, 1.807) is 13.2 Å². The summed E-state index contributed by atoms with van der Waals surface area (Å²) >= 11 is 2.16. The molecule has 3 N–H and O–H groups in total. The highest BCUT2D eigenvalue weighted by Crippen LogP contribution is 2.32. The first kappa shape index (κ1) is 14.5. The molecule has 2 aromatic rings. The number of anilines is 2. The number of nitrogens with one attached hydrogen (secondary N) is 2. The van der Waals surface area contributed by atoms with Crippen molar-refractivity contribution in [1.82, 2.24) is 9.97 Å². The summed E-state index contributed by atoms with van der Waals surface area (Å²) in [5, 5.41) is 17.0. The number of halogens is 1. The van der Waals surface area contributed by atoms with Crippen LogP contribution in [0.3, 0.4) is 0 Å². The predicted octanol–water partition coefficient (Wildman–Crippen LogP) is 2.12. The normalized spacial score (nSPS) is 14.2. The lowest BCUT2D eigenvalue weighted by atomic mass is 10.1. The van der Waals surface area contributed by atoms with E-state index in [-0.39, 0.29) is 18.4 Å². The lowest BCUT2D eigenvalue weighted by Gasteiger charge is -2.12. The average molecular weight is 398 g/mol. The van der Waals surface area contributed by atoms with Crippen molar-refractivity contribution < 1.29 is 9.90 Å². The van der Waals surface area contributed by atoms with Gasteiger partial charge in [0, 0.05) is 33.5 Å². The molecule has 1 fully saturated rings. The van der Waals surface area contributed by atoms with E-state index in [9.17, 15) is 9.90 Å². The molecule has 0 aliphatic heterocycles. The number of aliphatic hydroxyl groups excluding tert-OH is 1. The van der Waals surface area contributed by atoms with Crippen LogP contribution in [0.25, 0.3) is 10.8 Å². The Hall–Kier alpha value is -1.48. The minimum Gasteiger partial charge on any atom is -0.390 e. The lowest BCUT2D eigenvalue weighted by Crippen LogP contribution is -2.14. The summed E-state index contributed by atoms with van der Waals surface area (Å²) in [6, 6.07) is 1.83. The van der Waals surface area contributed by atoms with Gasteiger partial charge in [-0.3, -0.25) is 4.79 Å². The first-order valence-corrected chi connectivity index (χ1v) is 7.79. The van der Waals surface area contributed by atoms with E-state index in [0.717, 1.165) is 27.2 Å². The number of pyridine rings is 2. The van der Waals surface area contributed by atoms with Crippen LogP contribution in [0.5, 0.6) is 0 Å². The maximum atomic E-state index is 11.8. The minimum absolute atomic E-state index is 0.0298. The zero-order valence-corrected chi connectivity index (χ0v) is 13.6. The first-order valence-electron chi connectivity index (χ1n) is 6.71. The number of aromatic nitrogens is 2. The van der Waals surface area contributed by atoms with Gasteiger partial charge in [0.05, 0.1) is 12.3 Å². The third-order valence-electron chi connectivity index (χ3n) is 3.48. The summed E-state index contributed by atoms with van der Waals surface area (Å²) in [6.45, 7) is -0.130. The smallest absolute Gasteiger partial charge is 0.228 e. The first-order chi connectivity index (χ1) is 10.1. The van der Waals surface area contributed by atoms with Gasteiger partial charge in [-0.25, -0.2) is 9.97 Å².